The van der Waals surface area contributed by atoms with E-state index in [1.54, 1.807) is 4.90 Å². The van der Waals surface area contributed by atoms with Gasteiger partial charge in [-0.05, 0) is 17.7 Å². The molecule has 140 valence electrons. The first-order valence-corrected chi connectivity index (χ1v) is 9.00. The highest BCUT2D eigenvalue weighted by molar-refractivity contribution is 5.96. The fourth-order valence-electron chi connectivity index (χ4n) is 3.32. The van der Waals surface area contributed by atoms with E-state index in [1.807, 2.05) is 60.7 Å². The first-order valence-electron chi connectivity index (χ1n) is 9.00. The second-order valence-corrected chi connectivity index (χ2v) is 6.68. The van der Waals surface area contributed by atoms with Gasteiger partial charge in [0.25, 0.3) is 0 Å². The molecule has 6 heteroatoms. The second-order valence-electron chi connectivity index (χ2n) is 6.68. The Kier molecular flexibility index (Phi) is 5.86. The van der Waals surface area contributed by atoms with E-state index < -0.39 is 6.04 Å². The number of benzene rings is 2. The average molecular weight is 365 g/mol. The van der Waals surface area contributed by atoms with Crippen LogP contribution < -0.4 is 15.5 Å². The summed E-state index contributed by atoms with van der Waals surface area (Å²) in [5, 5.41) is 5.75. The van der Waals surface area contributed by atoms with Gasteiger partial charge in [0.2, 0.25) is 17.7 Å². The van der Waals surface area contributed by atoms with Crippen molar-refractivity contribution in [1.82, 2.24) is 10.6 Å². The van der Waals surface area contributed by atoms with Gasteiger partial charge in [-0.15, -0.1) is 0 Å². The minimum absolute atomic E-state index is 0.00651. The molecule has 2 N–H and O–H groups in total. The maximum atomic E-state index is 12.5. The number of amides is 3. The fourth-order valence-corrected chi connectivity index (χ4v) is 3.32. The van der Waals surface area contributed by atoms with Gasteiger partial charge in [-0.3, -0.25) is 14.4 Å². The van der Waals surface area contributed by atoms with E-state index in [0.29, 0.717) is 6.54 Å². The Hall–Kier alpha value is -3.15. The molecule has 0 spiro atoms. The predicted octanol–water partition coefficient (Wildman–Crippen LogP) is 2.18. The Morgan fingerprint density at radius 3 is 2.33 bits per heavy atom. The lowest BCUT2D eigenvalue weighted by atomic mass is 10.0. The van der Waals surface area contributed by atoms with E-state index in [2.05, 4.69) is 10.6 Å². The Labute approximate surface area is 158 Å². The van der Waals surface area contributed by atoms with E-state index in [0.717, 1.165) is 11.3 Å². The van der Waals surface area contributed by atoms with Crippen LogP contribution in [0.15, 0.2) is 60.7 Å². The second kappa shape index (κ2) is 8.49. The molecule has 2 atom stereocenters. The summed E-state index contributed by atoms with van der Waals surface area (Å²) in [7, 11) is 0. The van der Waals surface area contributed by atoms with Crippen molar-refractivity contribution in [3.8, 4) is 0 Å². The smallest absolute Gasteiger partial charge is 0.229 e. The molecule has 0 unspecified atom stereocenters. The lowest BCUT2D eigenvalue weighted by Crippen LogP contribution is -2.39. The fraction of sp³-hybridized carbons (Fsp3) is 0.286. The van der Waals surface area contributed by atoms with Crippen LogP contribution >= 0.6 is 0 Å². The molecule has 27 heavy (non-hydrogen) atoms. The molecule has 1 aliphatic heterocycles. The Morgan fingerprint density at radius 1 is 1.07 bits per heavy atom. The zero-order valence-electron chi connectivity index (χ0n) is 15.2. The highest BCUT2D eigenvalue weighted by Gasteiger charge is 2.32. The molecule has 0 radical (unpaired) electrons. The molecule has 3 amide bonds. The van der Waals surface area contributed by atoms with Crippen LogP contribution in [0.4, 0.5) is 5.69 Å². The number of carbonyl (C=O) groups excluding carboxylic acids is 3. The Balaban J connectivity index is 1.61. The van der Waals surface area contributed by atoms with Crippen molar-refractivity contribution >= 4 is 23.4 Å². The van der Waals surface area contributed by atoms with Gasteiger partial charge in [0.15, 0.2) is 0 Å². The van der Waals surface area contributed by atoms with E-state index in [-0.39, 0.29) is 36.6 Å². The predicted molar refractivity (Wildman–Crippen MR) is 103 cm³/mol. The first kappa shape index (κ1) is 18.6. The minimum atomic E-state index is -0.397. The number of para-hydroxylation sites is 1. The molecule has 1 fully saturated rings. The molecule has 2 aromatic carbocycles. The Morgan fingerprint density at radius 2 is 1.70 bits per heavy atom. The van der Waals surface area contributed by atoms with Gasteiger partial charge in [-0.1, -0.05) is 48.5 Å². The standard InChI is InChI=1S/C21H23N3O3/c1-15(25)22-19(16-8-4-2-5-9-16)13-20(26)23-17-12-21(27)24(14-17)18-10-6-3-7-11-18/h2-11,17,19H,12-14H2,1H3,(H,22,25)(H,23,26)/t17-,19-/m0/s1. The number of hydrogen-bond donors (Lipinski definition) is 2. The first-order chi connectivity index (χ1) is 13.0. The molecular weight excluding hydrogens is 342 g/mol. The summed E-state index contributed by atoms with van der Waals surface area (Å²) in [5.41, 5.74) is 1.70. The van der Waals surface area contributed by atoms with Crippen LogP contribution in [-0.4, -0.2) is 30.3 Å². The summed E-state index contributed by atoms with van der Waals surface area (Å²) < 4.78 is 0. The monoisotopic (exact) mass is 365 g/mol. The van der Waals surface area contributed by atoms with E-state index in [1.165, 1.54) is 6.92 Å². The van der Waals surface area contributed by atoms with Crippen LogP contribution in [0.3, 0.4) is 0 Å². The number of carbonyl (C=O) groups is 3. The van der Waals surface area contributed by atoms with Gasteiger partial charge < -0.3 is 15.5 Å². The molecule has 0 saturated carbocycles. The highest BCUT2D eigenvalue weighted by Crippen LogP contribution is 2.22. The van der Waals surface area contributed by atoms with E-state index >= 15 is 0 Å². The largest absolute Gasteiger partial charge is 0.351 e. The van der Waals surface area contributed by atoms with Gasteiger partial charge in [0.05, 0.1) is 18.5 Å². The zero-order chi connectivity index (χ0) is 19.2. The Bertz CT molecular complexity index is 808. The van der Waals surface area contributed by atoms with Crippen LogP contribution in [-0.2, 0) is 14.4 Å². The lowest BCUT2D eigenvalue weighted by Gasteiger charge is -2.20. The molecule has 3 rings (SSSR count). The maximum Gasteiger partial charge on any atom is 0.229 e. The summed E-state index contributed by atoms with van der Waals surface area (Å²) in [6.45, 7) is 1.88. The van der Waals surface area contributed by atoms with Crippen LogP contribution in [0.2, 0.25) is 0 Å². The molecule has 0 bridgehead atoms. The highest BCUT2D eigenvalue weighted by atomic mass is 16.2. The zero-order valence-corrected chi connectivity index (χ0v) is 15.2. The summed E-state index contributed by atoms with van der Waals surface area (Å²) in [6.07, 6.45) is 0.399. The van der Waals surface area contributed by atoms with Crippen molar-refractivity contribution in [3.63, 3.8) is 0 Å². The third kappa shape index (κ3) is 4.94. The van der Waals surface area contributed by atoms with Crippen LogP contribution in [0.5, 0.6) is 0 Å². The molecular formula is C21H23N3O3. The number of anilines is 1. The van der Waals surface area contributed by atoms with Gasteiger partial charge in [-0.2, -0.15) is 0 Å². The molecule has 1 aliphatic rings. The maximum absolute atomic E-state index is 12.5. The molecule has 0 aliphatic carbocycles. The van der Waals surface area contributed by atoms with Crippen LogP contribution in [0.25, 0.3) is 0 Å². The molecule has 0 aromatic heterocycles. The van der Waals surface area contributed by atoms with E-state index in [4.69, 9.17) is 0 Å². The van der Waals surface area contributed by atoms with Gasteiger partial charge in [0.1, 0.15) is 0 Å². The lowest BCUT2D eigenvalue weighted by molar-refractivity contribution is -0.123. The molecule has 1 saturated heterocycles. The molecule has 2 aromatic rings. The van der Waals surface area contributed by atoms with Crippen molar-refractivity contribution in [1.29, 1.82) is 0 Å². The van der Waals surface area contributed by atoms with Gasteiger partial charge in [0, 0.05) is 25.6 Å². The normalized spacial score (nSPS) is 17.4. The topological polar surface area (TPSA) is 78.5 Å². The summed E-state index contributed by atoms with van der Waals surface area (Å²) in [4.78, 5) is 38.0. The van der Waals surface area contributed by atoms with Crippen molar-refractivity contribution in [2.24, 2.45) is 0 Å². The van der Waals surface area contributed by atoms with Crippen molar-refractivity contribution < 1.29 is 14.4 Å². The minimum Gasteiger partial charge on any atom is -0.351 e. The van der Waals surface area contributed by atoms with Crippen molar-refractivity contribution in [2.75, 3.05) is 11.4 Å². The van der Waals surface area contributed by atoms with Crippen LogP contribution in [0, 0.1) is 0 Å². The quantitative estimate of drug-likeness (QED) is 0.824. The number of hydrogen-bond acceptors (Lipinski definition) is 3. The third-order valence-electron chi connectivity index (χ3n) is 4.53. The van der Waals surface area contributed by atoms with Crippen LogP contribution in [0.1, 0.15) is 31.4 Å². The van der Waals surface area contributed by atoms with Crippen molar-refractivity contribution in [2.45, 2.75) is 31.8 Å². The van der Waals surface area contributed by atoms with Gasteiger partial charge in [-0.25, -0.2) is 0 Å². The molecule has 1 heterocycles. The molecule has 6 nitrogen and oxygen atoms in total. The SMILES string of the molecule is CC(=O)N[C@@H](CC(=O)N[C@H]1CC(=O)N(c2ccccc2)C1)c1ccccc1. The number of nitrogens with zero attached hydrogens (tertiary/aromatic N) is 1. The average Bonchev–Trinajstić information content (AvgIpc) is 3.02. The number of nitrogens with one attached hydrogen (secondary N) is 2. The summed E-state index contributed by atoms with van der Waals surface area (Å²) >= 11 is 0. The number of rotatable bonds is 6. The van der Waals surface area contributed by atoms with Crippen molar-refractivity contribution in [3.05, 3.63) is 66.2 Å². The summed E-state index contributed by atoms with van der Waals surface area (Å²) in [5.74, 6) is -0.388. The summed E-state index contributed by atoms with van der Waals surface area (Å²) in [6, 6.07) is 18.2. The van der Waals surface area contributed by atoms with E-state index in [9.17, 15) is 14.4 Å². The van der Waals surface area contributed by atoms with Gasteiger partial charge >= 0.3 is 0 Å². The third-order valence-corrected chi connectivity index (χ3v) is 4.53.